The topological polar surface area (TPSA) is 120 Å². The zero-order valence-electron chi connectivity index (χ0n) is 8.75. The fourth-order valence-corrected chi connectivity index (χ4v) is 1.82. The minimum Gasteiger partial charge on any atom is -0.382 e. The molecule has 0 aliphatic rings. The molecule has 8 nitrogen and oxygen atoms in total. The minimum atomic E-state index is -0.845. The number of hydrogen-bond donors (Lipinski definition) is 2. The number of aromatic nitrogens is 5. The molecule has 0 aliphatic heterocycles. The van der Waals surface area contributed by atoms with E-state index >= 15 is 0 Å². The Morgan fingerprint density at radius 1 is 1.35 bits per heavy atom. The van der Waals surface area contributed by atoms with Gasteiger partial charge in [0, 0.05) is 7.05 Å². The first-order chi connectivity index (χ1) is 8.06. The molecule has 17 heavy (non-hydrogen) atoms. The Balaban J connectivity index is 2.40. The van der Waals surface area contributed by atoms with Gasteiger partial charge in [0.05, 0.1) is 12.4 Å². The fourth-order valence-electron chi connectivity index (χ4n) is 1.06. The van der Waals surface area contributed by atoms with E-state index < -0.39 is 11.1 Å². The van der Waals surface area contributed by atoms with Crippen LogP contribution in [-0.2, 0) is 7.05 Å². The summed E-state index contributed by atoms with van der Waals surface area (Å²) in [5.74, 6) is 0.268. The number of anilines is 1. The van der Waals surface area contributed by atoms with Gasteiger partial charge in [-0.3, -0.25) is 24.4 Å². The summed E-state index contributed by atoms with van der Waals surface area (Å²) in [6.45, 7) is 0. The highest BCUT2D eigenvalue weighted by molar-refractivity contribution is 7.99. The summed E-state index contributed by atoms with van der Waals surface area (Å²) in [4.78, 5) is 33.6. The summed E-state index contributed by atoms with van der Waals surface area (Å²) in [7, 11) is 1.57. The van der Waals surface area contributed by atoms with Gasteiger partial charge in [-0.2, -0.15) is 4.98 Å². The van der Waals surface area contributed by atoms with E-state index in [1.54, 1.807) is 7.05 Å². The van der Waals surface area contributed by atoms with Crippen molar-refractivity contribution in [3.05, 3.63) is 33.1 Å². The van der Waals surface area contributed by atoms with Crippen molar-refractivity contribution in [1.82, 2.24) is 24.7 Å². The van der Waals surface area contributed by atoms with Crippen LogP contribution in [0.5, 0.6) is 0 Å². The third-order valence-corrected chi connectivity index (χ3v) is 2.73. The van der Waals surface area contributed by atoms with E-state index in [0.717, 1.165) is 11.8 Å². The van der Waals surface area contributed by atoms with Gasteiger partial charge in [-0.15, -0.1) is 0 Å². The highest BCUT2D eigenvalue weighted by Gasteiger charge is 2.07. The number of nitrogen functional groups attached to an aromatic ring is 1. The molecule has 0 amide bonds. The standard InChI is InChI=1S/C8H8N6O2S/c1-14-8(12-6(15)7(16)13-14)17-5-3-10-2-4(9)11-5/h2-3H,1H3,(H2,9,11)(H,13,16). The summed E-state index contributed by atoms with van der Waals surface area (Å²) < 4.78 is 1.33. The molecule has 0 atom stereocenters. The normalized spacial score (nSPS) is 10.4. The van der Waals surface area contributed by atoms with Gasteiger partial charge >= 0.3 is 11.1 Å². The Bertz CT molecular complexity index is 664. The molecule has 2 aromatic rings. The molecule has 0 radical (unpaired) electrons. The number of nitrogens with zero attached hydrogens (tertiary/aromatic N) is 4. The summed E-state index contributed by atoms with van der Waals surface area (Å²) in [6.07, 6.45) is 2.89. The van der Waals surface area contributed by atoms with Gasteiger partial charge in [-0.1, -0.05) is 0 Å². The number of nitrogens with one attached hydrogen (secondary N) is 1. The Morgan fingerprint density at radius 3 is 2.82 bits per heavy atom. The average Bonchev–Trinajstić information content (AvgIpc) is 2.26. The first-order valence-corrected chi connectivity index (χ1v) is 5.30. The van der Waals surface area contributed by atoms with Crippen LogP contribution in [-0.4, -0.2) is 24.7 Å². The van der Waals surface area contributed by atoms with Crippen molar-refractivity contribution >= 4 is 17.6 Å². The van der Waals surface area contributed by atoms with E-state index in [9.17, 15) is 9.59 Å². The molecule has 0 aliphatic carbocycles. The Morgan fingerprint density at radius 2 is 2.12 bits per heavy atom. The third-order valence-electron chi connectivity index (χ3n) is 1.77. The lowest BCUT2D eigenvalue weighted by Gasteiger charge is -2.04. The molecule has 0 saturated heterocycles. The van der Waals surface area contributed by atoms with Crippen LogP contribution in [0.2, 0.25) is 0 Å². The van der Waals surface area contributed by atoms with Crippen LogP contribution >= 0.6 is 11.8 Å². The number of hydrogen-bond acceptors (Lipinski definition) is 7. The quantitative estimate of drug-likeness (QED) is 0.657. The fraction of sp³-hybridized carbons (Fsp3) is 0.125. The van der Waals surface area contributed by atoms with Crippen LogP contribution in [0, 0.1) is 0 Å². The number of nitrogens with two attached hydrogens (primary N) is 1. The van der Waals surface area contributed by atoms with Gasteiger partial charge in [0.25, 0.3) is 0 Å². The van der Waals surface area contributed by atoms with Crippen molar-refractivity contribution in [2.45, 2.75) is 10.2 Å². The van der Waals surface area contributed by atoms with Crippen LogP contribution in [0.15, 0.2) is 32.2 Å². The molecular weight excluding hydrogens is 244 g/mol. The maximum absolute atomic E-state index is 11.1. The van der Waals surface area contributed by atoms with Crippen LogP contribution in [0.4, 0.5) is 5.82 Å². The second-order valence-corrected chi connectivity index (χ2v) is 4.07. The molecule has 2 heterocycles. The van der Waals surface area contributed by atoms with E-state index in [4.69, 9.17) is 5.73 Å². The van der Waals surface area contributed by atoms with Gasteiger partial charge in [-0.25, -0.2) is 4.98 Å². The predicted octanol–water partition coefficient (Wildman–Crippen LogP) is -1.01. The van der Waals surface area contributed by atoms with E-state index in [0.29, 0.717) is 10.2 Å². The van der Waals surface area contributed by atoms with Gasteiger partial charge in [0.1, 0.15) is 10.8 Å². The molecular formula is C8H8N6O2S. The molecule has 0 fully saturated rings. The van der Waals surface area contributed by atoms with Crippen molar-refractivity contribution in [3.8, 4) is 0 Å². The summed E-state index contributed by atoms with van der Waals surface area (Å²) in [5, 5.41) is 3.11. The molecule has 2 aromatic heterocycles. The number of aromatic amines is 1. The third kappa shape index (κ3) is 2.50. The van der Waals surface area contributed by atoms with Gasteiger partial charge in [-0.05, 0) is 11.8 Å². The minimum absolute atomic E-state index is 0.268. The van der Waals surface area contributed by atoms with Crippen LogP contribution in [0.25, 0.3) is 0 Å². The van der Waals surface area contributed by atoms with Crippen molar-refractivity contribution in [3.63, 3.8) is 0 Å². The summed E-state index contributed by atoms with van der Waals surface area (Å²) >= 11 is 1.08. The molecule has 0 bridgehead atoms. The predicted molar refractivity (Wildman–Crippen MR) is 60.7 cm³/mol. The Hall–Kier alpha value is -2.16. The lowest BCUT2D eigenvalue weighted by atomic mass is 10.7. The maximum atomic E-state index is 11.1. The summed E-state index contributed by atoms with van der Waals surface area (Å²) in [6, 6.07) is 0. The highest BCUT2D eigenvalue weighted by Crippen LogP contribution is 2.21. The first-order valence-electron chi connectivity index (χ1n) is 4.49. The first kappa shape index (κ1) is 11.3. The zero-order chi connectivity index (χ0) is 12.4. The highest BCUT2D eigenvalue weighted by atomic mass is 32.2. The summed E-state index contributed by atoms with van der Waals surface area (Å²) in [5.41, 5.74) is 3.86. The average molecular weight is 252 g/mol. The van der Waals surface area contributed by atoms with Crippen LogP contribution < -0.4 is 16.9 Å². The molecule has 3 N–H and O–H groups in total. The molecule has 88 valence electrons. The molecule has 2 rings (SSSR count). The molecule has 0 unspecified atom stereocenters. The van der Waals surface area contributed by atoms with Gasteiger partial charge < -0.3 is 5.73 Å². The number of rotatable bonds is 2. The maximum Gasteiger partial charge on any atom is 0.339 e. The number of H-pyrrole nitrogens is 1. The van der Waals surface area contributed by atoms with Crippen molar-refractivity contribution in [2.24, 2.45) is 7.05 Å². The van der Waals surface area contributed by atoms with Crippen molar-refractivity contribution < 1.29 is 0 Å². The van der Waals surface area contributed by atoms with E-state index in [2.05, 4.69) is 20.1 Å². The van der Waals surface area contributed by atoms with Crippen LogP contribution in [0.1, 0.15) is 0 Å². The lowest BCUT2D eigenvalue weighted by molar-refractivity contribution is 0.596. The SMILES string of the molecule is Cn1[nH]c(=O)c(=O)nc1Sc1cncc(N)n1. The number of aryl methyl sites for hydroxylation is 1. The van der Waals surface area contributed by atoms with Crippen molar-refractivity contribution in [1.29, 1.82) is 0 Å². The van der Waals surface area contributed by atoms with Crippen LogP contribution in [0.3, 0.4) is 0 Å². The molecule has 0 spiro atoms. The largest absolute Gasteiger partial charge is 0.382 e. The lowest BCUT2D eigenvalue weighted by Crippen LogP contribution is -2.33. The smallest absolute Gasteiger partial charge is 0.339 e. The van der Waals surface area contributed by atoms with E-state index in [1.165, 1.54) is 17.1 Å². The second-order valence-electron chi connectivity index (χ2n) is 3.08. The van der Waals surface area contributed by atoms with E-state index in [1.807, 2.05) is 0 Å². The van der Waals surface area contributed by atoms with Gasteiger partial charge in [0.2, 0.25) is 0 Å². The second kappa shape index (κ2) is 4.37. The molecule has 9 heteroatoms. The Kier molecular flexibility index (Phi) is 2.91. The van der Waals surface area contributed by atoms with Crippen molar-refractivity contribution in [2.75, 3.05) is 5.73 Å². The van der Waals surface area contributed by atoms with E-state index in [-0.39, 0.29) is 5.82 Å². The Labute approximate surface area is 98.9 Å². The molecule has 0 aromatic carbocycles. The van der Waals surface area contributed by atoms with Gasteiger partial charge in [0.15, 0.2) is 5.16 Å². The molecule has 0 saturated carbocycles. The monoisotopic (exact) mass is 252 g/mol. The zero-order valence-corrected chi connectivity index (χ0v) is 9.56.